The topological polar surface area (TPSA) is 46.6 Å². The number of nitrogens with zero attached hydrogens (tertiary/aromatic N) is 1. The van der Waals surface area contributed by atoms with Gasteiger partial charge in [-0.1, -0.05) is 0 Å². The molecule has 1 aliphatic heterocycles. The SMILES string of the molecule is COCCCN1C(=O)C(=O)c2c(F)cc(F)cc21. The maximum absolute atomic E-state index is 13.5. The zero-order valence-corrected chi connectivity index (χ0v) is 9.70. The lowest BCUT2D eigenvalue weighted by atomic mass is 10.1. The minimum absolute atomic E-state index is 0.00129. The van der Waals surface area contributed by atoms with Gasteiger partial charge in [0.1, 0.15) is 11.6 Å². The van der Waals surface area contributed by atoms with Crippen LogP contribution in [0.3, 0.4) is 0 Å². The van der Waals surface area contributed by atoms with Crippen molar-refractivity contribution in [1.29, 1.82) is 0 Å². The normalized spacial score (nSPS) is 14.3. The maximum Gasteiger partial charge on any atom is 0.299 e. The molecule has 1 aromatic rings. The molecule has 0 aromatic heterocycles. The minimum Gasteiger partial charge on any atom is -0.385 e. The summed E-state index contributed by atoms with van der Waals surface area (Å²) >= 11 is 0. The molecule has 1 aliphatic rings. The van der Waals surface area contributed by atoms with Crippen molar-refractivity contribution in [3.8, 4) is 0 Å². The number of carbonyl (C=O) groups excluding carboxylic acids is 2. The average molecular weight is 255 g/mol. The second kappa shape index (κ2) is 4.81. The molecule has 2 rings (SSSR count). The van der Waals surface area contributed by atoms with E-state index in [1.54, 1.807) is 0 Å². The Hall–Kier alpha value is -1.82. The largest absolute Gasteiger partial charge is 0.385 e. The highest BCUT2D eigenvalue weighted by molar-refractivity contribution is 6.52. The molecule has 1 amide bonds. The maximum atomic E-state index is 13.5. The molecule has 6 heteroatoms. The fourth-order valence-corrected chi connectivity index (χ4v) is 1.93. The third kappa shape index (κ3) is 1.99. The molecule has 1 heterocycles. The van der Waals surface area contributed by atoms with Crippen molar-refractivity contribution in [1.82, 2.24) is 0 Å². The van der Waals surface area contributed by atoms with Crippen LogP contribution in [0.4, 0.5) is 14.5 Å². The van der Waals surface area contributed by atoms with Crippen LogP contribution < -0.4 is 4.90 Å². The first-order chi connectivity index (χ1) is 8.56. The zero-order valence-electron chi connectivity index (χ0n) is 9.70. The third-order valence-corrected chi connectivity index (χ3v) is 2.72. The second-order valence-corrected chi connectivity index (χ2v) is 3.91. The highest BCUT2D eigenvalue weighted by atomic mass is 19.1. The number of hydrogen-bond acceptors (Lipinski definition) is 3. The molecule has 0 radical (unpaired) electrons. The molecule has 18 heavy (non-hydrogen) atoms. The lowest BCUT2D eigenvalue weighted by Crippen LogP contribution is -2.31. The molecular formula is C12H11F2NO3. The van der Waals surface area contributed by atoms with E-state index in [-0.39, 0.29) is 17.8 Å². The fourth-order valence-electron chi connectivity index (χ4n) is 1.93. The van der Waals surface area contributed by atoms with Crippen LogP contribution in [0.25, 0.3) is 0 Å². The van der Waals surface area contributed by atoms with Gasteiger partial charge in [0.2, 0.25) is 0 Å². The Morgan fingerprint density at radius 2 is 2.00 bits per heavy atom. The number of amides is 1. The molecule has 0 atom stereocenters. The third-order valence-electron chi connectivity index (χ3n) is 2.72. The molecule has 0 fully saturated rings. The summed E-state index contributed by atoms with van der Waals surface area (Å²) in [6.45, 7) is 0.583. The number of ketones is 1. The van der Waals surface area contributed by atoms with E-state index in [1.165, 1.54) is 7.11 Å². The van der Waals surface area contributed by atoms with Gasteiger partial charge in [-0.25, -0.2) is 8.78 Å². The molecule has 1 aromatic carbocycles. The first-order valence-corrected chi connectivity index (χ1v) is 5.40. The molecule has 0 bridgehead atoms. The molecule has 0 saturated heterocycles. The van der Waals surface area contributed by atoms with E-state index in [0.717, 1.165) is 11.0 Å². The van der Waals surface area contributed by atoms with Crippen LogP contribution in [0.2, 0.25) is 0 Å². The van der Waals surface area contributed by atoms with Gasteiger partial charge in [-0.2, -0.15) is 0 Å². The number of Topliss-reactive ketones (excluding diaryl/α,β-unsaturated/α-hetero) is 1. The van der Waals surface area contributed by atoms with Crippen LogP contribution in [0.5, 0.6) is 0 Å². The summed E-state index contributed by atoms with van der Waals surface area (Å²) in [6, 6.07) is 1.59. The number of halogens is 2. The van der Waals surface area contributed by atoms with Gasteiger partial charge in [0, 0.05) is 26.3 Å². The molecule has 0 spiro atoms. The zero-order chi connectivity index (χ0) is 13.3. The first-order valence-electron chi connectivity index (χ1n) is 5.40. The summed E-state index contributed by atoms with van der Waals surface area (Å²) in [5.74, 6) is -3.58. The predicted molar refractivity (Wildman–Crippen MR) is 59.5 cm³/mol. The van der Waals surface area contributed by atoms with Gasteiger partial charge in [-0.05, 0) is 12.5 Å². The molecule has 0 saturated carbocycles. The summed E-state index contributed by atoms with van der Waals surface area (Å²) < 4.78 is 31.4. The summed E-state index contributed by atoms with van der Waals surface area (Å²) in [7, 11) is 1.50. The van der Waals surface area contributed by atoms with E-state index >= 15 is 0 Å². The molecule has 96 valence electrons. The van der Waals surface area contributed by atoms with Crippen molar-refractivity contribution in [3.05, 3.63) is 29.3 Å². The Balaban J connectivity index is 2.35. The van der Waals surface area contributed by atoms with Crippen molar-refractivity contribution in [2.45, 2.75) is 6.42 Å². The van der Waals surface area contributed by atoms with E-state index in [9.17, 15) is 18.4 Å². The van der Waals surface area contributed by atoms with Gasteiger partial charge >= 0.3 is 0 Å². The van der Waals surface area contributed by atoms with Crippen LogP contribution in [0.1, 0.15) is 16.8 Å². The number of ether oxygens (including phenoxy) is 1. The summed E-state index contributed by atoms with van der Waals surface area (Å²) in [6.07, 6.45) is 0.479. The Morgan fingerprint density at radius 3 is 2.67 bits per heavy atom. The Kier molecular flexibility index (Phi) is 3.38. The number of hydrogen-bond donors (Lipinski definition) is 0. The molecule has 0 N–H and O–H groups in total. The van der Waals surface area contributed by atoms with Crippen molar-refractivity contribution in [2.75, 3.05) is 25.2 Å². The number of benzene rings is 1. The lowest BCUT2D eigenvalue weighted by molar-refractivity contribution is -0.114. The Morgan fingerprint density at radius 1 is 1.28 bits per heavy atom. The molecule has 0 aliphatic carbocycles. The number of anilines is 1. The molecule has 4 nitrogen and oxygen atoms in total. The number of carbonyl (C=O) groups is 2. The first kappa shape index (κ1) is 12.6. The minimum atomic E-state index is -1.00. The van der Waals surface area contributed by atoms with Gasteiger partial charge in [0.05, 0.1) is 11.3 Å². The van der Waals surface area contributed by atoms with Crippen LogP contribution >= 0.6 is 0 Å². The Labute approximate surface area is 102 Å². The number of methoxy groups -OCH3 is 1. The van der Waals surface area contributed by atoms with E-state index in [1.807, 2.05) is 0 Å². The quantitative estimate of drug-likeness (QED) is 0.605. The van der Waals surface area contributed by atoms with Gasteiger partial charge < -0.3 is 9.64 Å². The van der Waals surface area contributed by atoms with Gasteiger partial charge in [-0.3, -0.25) is 9.59 Å². The van der Waals surface area contributed by atoms with Crippen LogP contribution in [-0.4, -0.2) is 32.0 Å². The Bertz CT molecular complexity index is 516. The van der Waals surface area contributed by atoms with E-state index in [4.69, 9.17) is 4.74 Å². The summed E-state index contributed by atoms with van der Waals surface area (Å²) in [5, 5.41) is 0. The predicted octanol–water partition coefficient (Wildman–Crippen LogP) is 1.53. The van der Waals surface area contributed by atoms with Crippen LogP contribution in [0, 0.1) is 11.6 Å². The van der Waals surface area contributed by atoms with E-state index < -0.39 is 23.3 Å². The average Bonchev–Trinajstić information content (AvgIpc) is 2.54. The second-order valence-electron chi connectivity index (χ2n) is 3.91. The van der Waals surface area contributed by atoms with Crippen LogP contribution in [-0.2, 0) is 9.53 Å². The number of fused-ring (bicyclic) bond motifs is 1. The lowest BCUT2D eigenvalue weighted by Gasteiger charge is -2.16. The molecule has 0 unspecified atom stereocenters. The van der Waals surface area contributed by atoms with Gasteiger partial charge in [0.25, 0.3) is 11.7 Å². The fraction of sp³-hybridized carbons (Fsp3) is 0.333. The van der Waals surface area contributed by atoms with Crippen molar-refractivity contribution in [3.63, 3.8) is 0 Å². The monoisotopic (exact) mass is 255 g/mol. The van der Waals surface area contributed by atoms with Gasteiger partial charge in [-0.15, -0.1) is 0 Å². The molecular weight excluding hydrogens is 244 g/mol. The van der Waals surface area contributed by atoms with Crippen LogP contribution in [0.15, 0.2) is 12.1 Å². The van der Waals surface area contributed by atoms with Gasteiger partial charge in [0.15, 0.2) is 0 Å². The highest BCUT2D eigenvalue weighted by Gasteiger charge is 2.38. The summed E-state index contributed by atoms with van der Waals surface area (Å²) in [4.78, 5) is 24.3. The van der Waals surface area contributed by atoms with Crippen molar-refractivity contribution in [2.24, 2.45) is 0 Å². The van der Waals surface area contributed by atoms with E-state index in [2.05, 4.69) is 0 Å². The number of rotatable bonds is 4. The summed E-state index contributed by atoms with van der Waals surface area (Å²) in [5.41, 5.74) is -0.350. The highest BCUT2D eigenvalue weighted by Crippen LogP contribution is 2.31. The smallest absolute Gasteiger partial charge is 0.299 e. The van der Waals surface area contributed by atoms with Crippen molar-refractivity contribution >= 4 is 17.4 Å². The van der Waals surface area contributed by atoms with Crippen molar-refractivity contribution < 1.29 is 23.1 Å². The van der Waals surface area contributed by atoms with E-state index in [0.29, 0.717) is 19.1 Å². The standard InChI is InChI=1S/C12H11F2NO3/c1-18-4-2-3-15-9-6-7(13)5-8(14)10(9)11(16)12(15)17/h5-6H,2-4H2,1H3.